The molecule has 0 unspecified atom stereocenters. The quantitative estimate of drug-likeness (QED) is 0.347. The van der Waals surface area contributed by atoms with Crippen molar-refractivity contribution < 1.29 is 4.79 Å². The Balaban J connectivity index is 4.00. The van der Waals surface area contributed by atoms with Crippen LogP contribution in [0.15, 0.2) is 0 Å². The van der Waals surface area contributed by atoms with Crippen LogP contribution < -0.4 is 0 Å². The monoisotopic (exact) mass is 140 g/mol. The second-order valence-electron chi connectivity index (χ2n) is 1.26. The summed E-state index contributed by atoms with van der Waals surface area (Å²) in [5, 5.41) is 0. The molecule has 0 N–H and O–H groups in total. The molecule has 1 nitrogen and oxygen atoms in total. The van der Waals surface area contributed by atoms with Crippen LogP contribution in [-0.4, -0.2) is 6.29 Å². The molecule has 0 heterocycles. The van der Waals surface area contributed by atoms with E-state index in [1.807, 2.05) is 0 Å². The van der Waals surface area contributed by atoms with E-state index in [0.717, 1.165) is 0 Å². The highest BCUT2D eigenvalue weighted by Gasteiger charge is 1.55. The van der Waals surface area contributed by atoms with Crippen LogP contribution in [0.25, 0.3) is 0 Å². The average Bonchev–Trinajstić information content (AvgIpc) is 2.03. The molecule has 0 aromatic heterocycles. The zero-order valence-electron chi connectivity index (χ0n) is 5.99. The zero-order chi connectivity index (χ0) is 8.36. The standard InChI is InChI=1S/C10H4O/c1-2-3-4-5-6-7-8-9-10-11/h10H,1H3. The van der Waals surface area contributed by atoms with Crippen molar-refractivity contribution in [2.24, 2.45) is 0 Å². The largest absolute Gasteiger partial charge is 0.289 e. The van der Waals surface area contributed by atoms with E-state index >= 15 is 0 Å². The minimum atomic E-state index is 0.480. The molecular weight excluding hydrogens is 136 g/mol. The maximum Gasteiger partial charge on any atom is 0.193 e. The first kappa shape index (κ1) is 8.91. The molecule has 11 heavy (non-hydrogen) atoms. The minimum Gasteiger partial charge on any atom is -0.289 e. The fourth-order valence-corrected chi connectivity index (χ4v) is 0.253. The highest BCUT2D eigenvalue weighted by Crippen LogP contribution is 1.53. The second kappa shape index (κ2) is 7.91. The van der Waals surface area contributed by atoms with Crippen molar-refractivity contribution >= 4 is 6.29 Å². The fraction of sp³-hybridized carbons (Fsp3) is 0.100. The van der Waals surface area contributed by atoms with Crippen LogP contribution in [-0.2, 0) is 4.79 Å². The van der Waals surface area contributed by atoms with Crippen molar-refractivity contribution in [2.75, 3.05) is 0 Å². The van der Waals surface area contributed by atoms with Gasteiger partial charge in [0.1, 0.15) is 0 Å². The lowest BCUT2D eigenvalue weighted by molar-refractivity contribution is -0.103. The first-order valence-electron chi connectivity index (χ1n) is 2.77. The fourth-order valence-electron chi connectivity index (χ4n) is 0.253. The van der Waals surface area contributed by atoms with Crippen molar-refractivity contribution in [2.45, 2.75) is 6.92 Å². The van der Waals surface area contributed by atoms with E-state index in [1.165, 1.54) is 0 Å². The van der Waals surface area contributed by atoms with Crippen LogP contribution in [0.3, 0.4) is 0 Å². The molecule has 0 spiro atoms. The molecule has 0 fully saturated rings. The molecule has 0 aromatic rings. The van der Waals surface area contributed by atoms with Crippen LogP contribution in [0, 0.1) is 47.4 Å². The molecule has 0 atom stereocenters. The molecular formula is C10H4O. The molecule has 0 bridgehead atoms. The van der Waals surface area contributed by atoms with E-state index < -0.39 is 0 Å². The summed E-state index contributed by atoms with van der Waals surface area (Å²) in [6.07, 6.45) is 0.480. The Morgan fingerprint density at radius 2 is 1.45 bits per heavy atom. The number of aldehydes is 1. The van der Waals surface area contributed by atoms with Gasteiger partial charge >= 0.3 is 0 Å². The molecule has 0 aliphatic heterocycles. The van der Waals surface area contributed by atoms with Crippen molar-refractivity contribution in [1.82, 2.24) is 0 Å². The van der Waals surface area contributed by atoms with Gasteiger partial charge in [0.15, 0.2) is 6.29 Å². The van der Waals surface area contributed by atoms with Gasteiger partial charge in [-0.25, -0.2) is 0 Å². The third-order valence-corrected chi connectivity index (χ3v) is 0.569. The normalized spacial score (nSPS) is 4.09. The number of hydrogen-bond acceptors (Lipinski definition) is 1. The van der Waals surface area contributed by atoms with Gasteiger partial charge < -0.3 is 0 Å². The first-order chi connectivity index (χ1) is 5.41. The predicted molar refractivity (Wildman–Crippen MR) is 42.8 cm³/mol. The predicted octanol–water partition coefficient (Wildman–Crippen LogP) is 0.219. The Morgan fingerprint density at radius 1 is 0.909 bits per heavy atom. The number of hydrogen-bond donors (Lipinski definition) is 0. The van der Waals surface area contributed by atoms with Gasteiger partial charge in [0.05, 0.1) is 0 Å². The van der Waals surface area contributed by atoms with Crippen molar-refractivity contribution in [3.8, 4) is 47.4 Å². The lowest BCUT2D eigenvalue weighted by Gasteiger charge is -1.53. The van der Waals surface area contributed by atoms with E-state index in [9.17, 15) is 4.79 Å². The van der Waals surface area contributed by atoms with Crippen LogP contribution in [0.1, 0.15) is 6.92 Å². The van der Waals surface area contributed by atoms with Gasteiger partial charge in [-0.05, 0) is 48.4 Å². The lowest BCUT2D eigenvalue weighted by atomic mass is 10.5. The van der Waals surface area contributed by atoms with Crippen LogP contribution in [0.5, 0.6) is 0 Å². The highest BCUT2D eigenvalue weighted by atomic mass is 16.1. The van der Waals surface area contributed by atoms with Crippen LogP contribution in [0.2, 0.25) is 0 Å². The van der Waals surface area contributed by atoms with Gasteiger partial charge in [0.25, 0.3) is 0 Å². The zero-order valence-corrected chi connectivity index (χ0v) is 5.99. The van der Waals surface area contributed by atoms with Crippen molar-refractivity contribution in [3.05, 3.63) is 0 Å². The van der Waals surface area contributed by atoms with E-state index in [1.54, 1.807) is 6.92 Å². The summed E-state index contributed by atoms with van der Waals surface area (Å²) in [5.74, 6) is 19.2. The SMILES string of the molecule is CC#CC#CC#CC#CC=O. The molecule has 1 heteroatoms. The smallest absolute Gasteiger partial charge is 0.193 e. The van der Waals surface area contributed by atoms with Gasteiger partial charge in [-0.1, -0.05) is 5.92 Å². The number of carbonyl (C=O) groups excluding carboxylic acids is 1. The molecule has 0 saturated carbocycles. The Morgan fingerprint density at radius 3 is 2.00 bits per heavy atom. The van der Waals surface area contributed by atoms with Gasteiger partial charge in [-0.3, -0.25) is 4.79 Å². The highest BCUT2D eigenvalue weighted by molar-refractivity contribution is 5.73. The Hall–Kier alpha value is -2.09. The van der Waals surface area contributed by atoms with Gasteiger partial charge in [-0.15, -0.1) is 0 Å². The van der Waals surface area contributed by atoms with E-state index in [-0.39, 0.29) is 0 Å². The van der Waals surface area contributed by atoms with E-state index in [4.69, 9.17) is 0 Å². The molecule has 0 saturated heterocycles. The molecule has 0 amide bonds. The summed E-state index contributed by atoms with van der Waals surface area (Å²) < 4.78 is 0. The lowest BCUT2D eigenvalue weighted by Crippen LogP contribution is -1.57. The number of rotatable bonds is 0. The van der Waals surface area contributed by atoms with Crippen molar-refractivity contribution in [1.29, 1.82) is 0 Å². The topological polar surface area (TPSA) is 17.1 Å². The third kappa shape index (κ3) is 7.91. The van der Waals surface area contributed by atoms with Gasteiger partial charge in [0, 0.05) is 0 Å². The molecule has 0 aliphatic rings. The summed E-state index contributed by atoms with van der Waals surface area (Å²) in [7, 11) is 0. The average molecular weight is 140 g/mol. The summed E-state index contributed by atoms with van der Waals surface area (Å²) in [6, 6.07) is 0. The van der Waals surface area contributed by atoms with E-state index in [0.29, 0.717) is 6.29 Å². The summed E-state index contributed by atoms with van der Waals surface area (Å²) >= 11 is 0. The third-order valence-electron chi connectivity index (χ3n) is 0.569. The Kier molecular flexibility index (Phi) is 6.41. The summed E-state index contributed by atoms with van der Waals surface area (Å²) in [6.45, 7) is 1.69. The maximum atomic E-state index is 9.64. The molecule has 0 radical (unpaired) electrons. The first-order valence-corrected chi connectivity index (χ1v) is 2.77. The van der Waals surface area contributed by atoms with Gasteiger partial charge in [-0.2, -0.15) is 0 Å². The maximum absolute atomic E-state index is 9.64. The summed E-state index contributed by atoms with van der Waals surface area (Å²) in [4.78, 5) is 9.64. The molecule has 0 aromatic carbocycles. The van der Waals surface area contributed by atoms with E-state index in [2.05, 4.69) is 47.4 Å². The molecule has 0 rings (SSSR count). The Bertz CT molecular complexity index is 358. The minimum absolute atomic E-state index is 0.480. The second-order valence-corrected chi connectivity index (χ2v) is 1.26. The Labute approximate surface area is 66.2 Å². The van der Waals surface area contributed by atoms with Crippen molar-refractivity contribution in [3.63, 3.8) is 0 Å². The number of carbonyl (C=O) groups is 1. The molecule has 0 aliphatic carbocycles. The van der Waals surface area contributed by atoms with Crippen LogP contribution >= 0.6 is 0 Å². The van der Waals surface area contributed by atoms with Crippen LogP contribution in [0.4, 0.5) is 0 Å². The van der Waals surface area contributed by atoms with Gasteiger partial charge in [0.2, 0.25) is 0 Å². The summed E-state index contributed by atoms with van der Waals surface area (Å²) in [5.41, 5.74) is 0. The molecule has 50 valence electrons.